The van der Waals surface area contributed by atoms with Gasteiger partial charge in [-0.1, -0.05) is 54.4 Å². The van der Waals surface area contributed by atoms with Crippen LogP contribution in [0.5, 0.6) is 0 Å². The SMILES string of the molecule is CCC.CCC(C)C(C(CC(=O)O)OC)N(C)C(=O)CNC(=O)C(NC)C(C)C. The summed E-state index contributed by atoms with van der Waals surface area (Å²) in [5, 5.41) is 14.7. The smallest absolute Gasteiger partial charge is 0.306 e. The number of amides is 2. The third-order valence-corrected chi connectivity index (χ3v) is 4.80. The van der Waals surface area contributed by atoms with Crippen LogP contribution < -0.4 is 10.6 Å². The molecule has 4 unspecified atom stereocenters. The molecule has 0 fully saturated rings. The molecule has 3 N–H and O–H groups in total. The Labute approximate surface area is 176 Å². The number of likely N-dealkylation sites (N-methyl/N-ethyl adjacent to an activating group) is 2. The van der Waals surface area contributed by atoms with Gasteiger partial charge >= 0.3 is 5.97 Å². The van der Waals surface area contributed by atoms with E-state index in [0.717, 1.165) is 6.42 Å². The standard InChI is InChI=1S/C18H35N3O5.C3H8/c1-8-12(4)17(13(26-7)9-15(23)24)21(6)14(22)10-20-18(25)16(19-5)11(2)3;1-3-2/h11-13,16-17,19H,8-10H2,1-7H3,(H,20,25)(H,23,24);3H2,1-2H3. The topological polar surface area (TPSA) is 108 Å². The first kappa shape index (κ1) is 29.5. The molecular formula is C21H43N3O5. The number of methoxy groups -OCH3 is 1. The highest BCUT2D eigenvalue weighted by atomic mass is 16.5. The van der Waals surface area contributed by atoms with Crippen molar-refractivity contribution in [3.8, 4) is 0 Å². The van der Waals surface area contributed by atoms with Crippen molar-refractivity contribution in [2.75, 3.05) is 27.7 Å². The first-order valence-electron chi connectivity index (χ1n) is 10.5. The lowest BCUT2D eigenvalue weighted by atomic mass is 9.91. The minimum absolute atomic E-state index is 0.0460. The number of nitrogens with one attached hydrogen (secondary N) is 2. The second-order valence-electron chi connectivity index (χ2n) is 7.69. The van der Waals surface area contributed by atoms with Crippen molar-refractivity contribution < 1.29 is 24.2 Å². The maximum absolute atomic E-state index is 12.6. The number of aliphatic carboxylic acids is 1. The Balaban J connectivity index is 0. The van der Waals surface area contributed by atoms with Crippen LogP contribution in [0, 0.1) is 11.8 Å². The number of hydrogen-bond donors (Lipinski definition) is 3. The van der Waals surface area contributed by atoms with E-state index in [9.17, 15) is 14.4 Å². The summed E-state index contributed by atoms with van der Waals surface area (Å²) < 4.78 is 5.36. The number of carboxylic acid groups (broad SMARTS) is 1. The Morgan fingerprint density at radius 3 is 1.97 bits per heavy atom. The van der Waals surface area contributed by atoms with E-state index < -0.39 is 18.1 Å². The summed E-state index contributed by atoms with van der Waals surface area (Å²) in [6.45, 7) is 11.9. The number of hydrogen-bond acceptors (Lipinski definition) is 5. The number of carbonyl (C=O) groups is 3. The van der Waals surface area contributed by atoms with Gasteiger partial charge in [0.1, 0.15) is 0 Å². The van der Waals surface area contributed by atoms with Crippen LogP contribution in [0.25, 0.3) is 0 Å². The first-order valence-corrected chi connectivity index (χ1v) is 10.5. The van der Waals surface area contributed by atoms with Gasteiger partial charge in [-0.15, -0.1) is 0 Å². The van der Waals surface area contributed by atoms with E-state index in [1.54, 1.807) is 14.1 Å². The van der Waals surface area contributed by atoms with Crippen molar-refractivity contribution in [3.05, 3.63) is 0 Å². The molecule has 0 saturated carbocycles. The molecule has 0 bridgehead atoms. The van der Waals surface area contributed by atoms with E-state index in [1.807, 2.05) is 27.7 Å². The van der Waals surface area contributed by atoms with Crippen molar-refractivity contribution in [2.45, 2.75) is 79.0 Å². The number of nitrogens with zero attached hydrogens (tertiary/aromatic N) is 1. The molecule has 0 aliphatic heterocycles. The number of carboxylic acids is 1. The molecule has 0 spiro atoms. The largest absolute Gasteiger partial charge is 0.481 e. The average molecular weight is 418 g/mol. The van der Waals surface area contributed by atoms with E-state index in [0.29, 0.717) is 0 Å². The third-order valence-electron chi connectivity index (χ3n) is 4.80. The van der Waals surface area contributed by atoms with Crippen LogP contribution in [0.4, 0.5) is 0 Å². The normalized spacial score (nSPS) is 14.8. The molecule has 2 amide bonds. The van der Waals surface area contributed by atoms with E-state index in [1.165, 1.54) is 18.4 Å². The molecule has 0 aliphatic rings. The summed E-state index contributed by atoms with van der Waals surface area (Å²) in [6.07, 6.45) is 1.21. The van der Waals surface area contributed by atoms with Gasteiger partial charge in [0.05, 0.1) is 31.2 Å². The zero-order valence-electron chi connectivity index (χ0n) is 19.7. The lowest BCUT2D eigenvalue weighted by Gasteiger charge is -2.37. The molecule has 8 heteroatoms. The Morgan fingerprint density at radius 2 is 1.62 bits per heavy atom. The van der Waals surface area contributed by atoms with E-state index in [4.69, 9.17) is 9.84 Å². The maximum Gasteiger partial charge on any atom is 0.306 e. The molecule has 29 heavy (non-hydrogen) atoms. The van der Waals surface area contributed by atoms with Crippen molar-refractivity contribution >= 4 is 17.8 Å². The molecule has 172 valence electrons. The maximum atomic E-state index is 12.6. The van der Waals surface area contributed by atoms with Crippen LogP contribution in [0.15, 0.2) is 0 Å². The number of carbonyl (C=O) groups excluding carboxylic acids is 2. The minimum Gasteiger partial charge on any atom is -0.481 e. The van der Waals surface area contributed by atoms with Crippen LogP contribution >= 0.6 is 0 Å². The van der Waals surface area contributed by atoms with Gasteiger partial charge < -0.3 is 25.4 Å². The molecule has 0 aromatic carbocycles. The van der Waals surface area contributed by atoms with Gasteiger partial charge in [0.15, 0.2) is 0 Å². The Bertz CT molecular complexity index is 485. The molecular weight excluding hydrogens is 374 g/mol. The summed E-state index contributed by atoms with van der Waals surface area (Å²) in [5.74, 6) is -1.36. The monoisotopic (exact) mass is 417 g/mol. The van der Waals surface area contributed by atoms with Gasteiger partial charge in [-0.2, -0.15) is 0 Å². The fourth-order valence-electron chi connectivity index (χ4n) is 3.09. The number of rotatable bonds is 12. The minimum atomic E-state index is -0.979. The van der Waals surface area contributed by atoms with Crippen LogP contribution in [0.1, 0.15) is 60.8 Å². The molecule has 0 aliphatic carbocycles. The molecule has 0 heterocycles. The molecule has 0 radical (unpaired) electrons. The summed E-state index contributed by atoms with van der Waals surface area (Å²) in [7, 11) is 4.77. The molecule has 0 rings (SSSR count). The fourth-order valence-corrected chi connectivity index (χ4v) is 3.09. The zero-order valence-corrected chi connectivity index (χ0v) is 19.7. The summed E-state index contributed by atoms with van der Waals surface area (Å²) >= 11 is 0. The third kappa shape index (κ3) is 11.2. The molecule has 0 aromatic heterocycles. The van der Waals surface area contributed by atoms with Gasteiger partial charge in [0, 0.05) is 14.2 Å². The Morgan fingerprint density at radius 1 is 1.10 bits per heavy atom. The second-order valence-corrected chi connectivity index (χ2v) is 7.69. The molecule has 8 nitrogen and oxygen atoms in total. The van der Waals surface area contributed by atoms with Gasteiger partial charge in [0.2, 0.25) is 11.8 Å². The fraction of sp³-hybridized carbons (Fsp3) is 0.857. The summed E-state index contributed by atoms with van der Waals surface area (Å²) in [4.78, 5) is 37.4. The van der Waals surface area contributed by atoms with E-state index in [2.05, 4.69) is 24.5 Å². The van der Waals surface area contributed by atoms with Crippen LogP contribution in [-0.2, 0) is 19.1 Å². The predicted octanol–water partition coefficient (Wildman–Crippen LogP) is 2.13. The molecule has 0 saturated heterocycles. The molecule has 4 atom stereocenters. The van der Waals surface area contributed by atoms with Crippen molar-refractivity contribution in [1.29, 1.82) is 0 Å². The average Bonchev–Trinajstić information content (AvgIpc) is 2.65. The van der Waals surface area contributed by atoms with Crippen molar-refractivity contribution in [3.63, 3.8) is 0 Å². The lowest BCUT2D eigenvalue weighted by Crippen LogP contribution is -2.53. The van der Waals surface area contributed by atoms with Crippen LogP contribution in [0.3, 0.4) is 0 Å². The second kappa shape index (κ2) is 16.2. The highest BCUT2D eigenvalue weighted by Crippen LogP contribution is 2.21. The highest BCUT2D eigenvalue weighted by molar-refractivity contribution is 5.87. The number of ether oxygens (including phenoxy) is 1. The molecule has 0 aromatic rings. The van der Waals surface area contributed by atoms with Gasteiger partial charge in [-0.3, -0.25) is 14.4 Å². The predicted molar refractivity (Wildman–Crippen MR) is 116 cm³/mol. The lowest BCUT2D eigenvalue weighted by molar-refractivity contribution is -0.145. The van der Waals surface area contributed by atoms with Gasteiger partial charge in [0.25, 0.3) is 0 Å². The van der Waals surface area contributed by atoms with E-state index >= 15 is 0 Å². The zero-order chi connectivity index (χ0) is 23.1. The Hall–Kier alpha value is -1.67. The van der Waals surface area contributed by atoms with Crippen molar-refractivity contribution in [2.24, 2.45) is 11.8 Å². The van der Waals surface area contributed by atoms with Crippen LogP contribution in [-0.4, -0.2) is 73.7 Å². The highest BCUT2D eigenvalue weighted by Gasteiger charge is 2.34. The van der Waals surface area contributed by atoms with Crippen molar-refractivity contribution in [1.82, 2.24) is 15.5 Å². The quantitative estimate of drug-likeness (QED) is 0.449. The van der Waals surface area contributed by atoms with Gasteiger partial charge in [-0.05, 0) is 18.9 Å². The van der Waals surface area contributed by atoms with E-state index in [-0.39, 0.29) is 42.7 Å². The Kier molecular flexibility index (Phi) is 16.5. The van der Waals surface area contributed by atoms with Crippen LogP contribution in [0.2, 0.25) is 0 Å². The summed E-state index contributed by atoms with van der Waals surface area (Å²) in [6, 6.07) is -0.770. The summed E-state index contributed by atoms with van der Waals surface area (Å²) in [5.41, 5.74) is 0. The first-order chi connectivity index (χ1) is 13.5. The van der Waals surface area contributed by atoms with Gasteiger partial charge in [-0.25, -0.2) is 0 Å².